The van der Waals surface area contributed by atoms with Gasteiger partial charge in [0.25, 0.3) is 0 Å². The molecule has 0 aromatic heterocycles. The van der Waals surface area contributed by atoms with Crippen LogP contribution in [-0.2, 0) is 0 Å². The van der Waals surface area contributed by atoms with Crippen molar-refractivity contribution in [1.29, 1.82) is 0 Å². The summed E-state index contributed by atoms with van der Waals surface area (Å²) in [5, 5.41) is 3.08. The molecule has 1 aliphatic rings. The summed E-state index contributed by atoms with van der Waals surface area (Å²) in [6.45, 7) is 2.12. The second kappa shape index (κ2) is 6.48. The lowest BCUT2D eigenvalue weighted by Gasteiger charge is -2.30. The van der Waals surface area contributed by atoms with Crippen molar-refractivity contribution in [2.75, 3.05) is 6.54 Å². The van der Waals surface area contributed by atoms with Crippen LogP contribution >= 0.6 is 0 Å². The minimum Gasteiger partial charge on any atom is -0.313 e. The van der Waals surface area contributed by atoms with Crippen LogP contribution in [0.4, 0.5) is 13.2 Å². The maximum atomic E-state index is 12.0. The smallest absolute Gasteiger partial charge is 0.313 e. The highest BCUT2D eigenvalue weighted by Gasteiger charge is 2.28. The maximum absolute atomic E-state index is 12.0. The molecule has 0 radical (unpaired) electrons. The van der Waals surface area contributed by atoms with Gasteiger partial charge in [-0.2, -0.15) is 13.2 Å². The molecule has 96 valence electrons. The molecule has 0 spiro atoms. The number of hydrogen-bond donors (Lipinski definition) is 1. The van der Waals surface area contributed by atoms with E-state index >= 15 is 0 Å². The molecule has 16 heavy (non-hydrogen) atoms. The van der Waals surface area contributed by atoms with Crippen LogP contribution in [0.3, 0.4) is 0 Å². The van der Waals surface area contributed by atoms with Crippen molar-refractivity contribution in [3.63, 3.8) is 0 Å². The lowest BCUT2D eigenvalue weighted by atomic mass is 9.83. The van der Waals surface area contributed by atoms with Crippen molar-refractivity contribution in [2.45, 2.75) is 64.1 Å². The normalized spacial score (nSPS) is 21.0. The van der Waals surface area contributed by atoms with E-state index in [1.165, 1.54) is 32.1 Å². The van der Waals surface area contributed by atoms with Crippen LogP contribution in [0.25, 0.3) is 0 Å². The Hall–Kier alpha value is -0.250. The first-order valence-electron chi connectivity index (χ1n) is 6.33. The van der Waals surface area contributed by atoms with Crippen molar-refractivity contribution in [3.8, 4) is 0 Å². The Labute approximate surface area is 95.8 Å². The Kier molecular flexibility index (Phi) is 5.59. The summed E-state index contributed by atoms with van der Waals surface area (Å²) in [6, 6.07) is 0.280. The monoisotopic (exact) mass is 237 g/mol. The molecule has 4 heteroatoms. The SMILES string of the molecule is CCC(NCCC(F)(F)F)C1CCCCC1. The number of alkyl halides is 3. The lowest BCUT2D eigenvalue weighted by Crippen LogP contribution is -2.38. The van der Waals surface area contributed by atoms with Gasteiger partial charge in [-0.25, -0.2) is 0 Å². The molecule has 1 rings (SSSR count). The van der Waals surface area contributed by atoms with E-state index in [4.69, 9.17) is 0 Å². The van der Waals surface area contributed by atoms with Crippen molar-refractivity contribution < 1.29 is 13.2 Å². The van der Waals surface area contributed by atoms with Gasteiger partial charge in [-0.05, 0) is 25.2 Å². The van der Waals surface area contributed by atoms with Gasteiger partial charge in [0, 0.05) is 12.6 Å². The molecule has 0 aromatic carbocycles. The van der Waals surface area contributed by atoms with E-state index in [0.29, 0.717) is 5.92 Å². The molecule has 1 unspecified atom stereocenters. The van der Waals surface area contributed by atoms with Crippen LogP contribution in [0.5, 0.6) is 0 Å². The topological polar surface area (TPSA) is 12.0 Å². The summed E-state index contributed by atoms with van der Waals surface area (Å²) >= 11 is 0. The van der Waals surface area contributed by atoms with Gasteiger partial charge < -0.3 is 5.32 Å². The molecule has 0 amide bonds. The molecule has 1 N–H and O–H groups in total. The Morgan fingerprint density at radius 2 is 1.81 bits per heavy atom. The van der Waals surface area contributed by atoms with Crippen molar-refractivity contribution in [3.05, 3.63) is 0 Å². The molecular formula is C12H22F3N. The number of rotatable bonds is 5. The van der Waals surface area contributed by atoms with Gasteiger partial charge in [-0.1, -0.05) is 26.2 Å². The minimum atomic E-state index is -4.03. The second-order valence-electron chi connectivity index (χ2n) is 4.73. The summed E-state index contributed by atoms with van der Waals surface area (Å²) in [6.07, 6.45) is 2.31. The molecule has 0 saturated heterocycles. The quantitative estimate of drug-likeness (QED) is 0.765. The van der Waals surface area contributed by atoms with E-state index < -0.39 is 12.6 Å². The Morgan fingerprint density at radius 1 is 1.19 bits per heavy atom. The first-order chi connectivity index (χ1) is 7.53. The third-order valence-electron chi connectivity index (χ3n) is 3.47. The molecule has 0 aromatic rings. The molecule has 0 heterocycles. The predicted octanol–water partition coefficient (Wildman–Crippen LogP) is 3.89. The fourth-order valence-corrected chi connectivity index (χ4v) is 2.58. The van der Waals surface area contributed by atoms with Gasteiger partial charge in [-0.3, -0.25) is 0 Å². The molecule has 1 saturated carbocycles. The Balaban J connectivity index is 2.25. The van der Waals surface area contributed by atoms with Crippen LogP contribution in [0.2, 0.25) is 0 Å². The van der Waals surface area contributed by atoms with E-state index in [1.807, 2.05) is 0 Å². The summed E-state index contributed by atoms with van der Waals surface area (Å²) in [4.78, 5) is 0. The largest absolute Gasteiger partial charge is 0.390 e. The molecule has 1 aliphatic carbocycles. The van der Waals surface area contributed by atoms with E-state index in [-0.39, 0.29) is 12.6 Å². The molecule has 1 nitrogen and oxygen atoms in total. The van der Waals surface area contributed by atoms with Crippen LogP contribution in [-0.4, -0.2) is 18.8 Å². The van der Waals surface area contributed by atoms with Crippen LogP contribution < -0.4 is 5.32 Å². The van der Waals surface area contributed by atoms with Gasteiger partial charge in [0.1, 0.15) is 0 Å². The molecular weight excluding hydrogens is 215 g/mol. The van der Waals surface area contributed by atoms with Crippen molar-refractivity contribution in [1.82, 2.24) is 5.32 Å². The van der Waals surface area contributed by atoms with E-state index in [2.05, 4.69) is 12.2 Å². The summed E-state index contributed by atoms with van der Waals surface area (Å²) in [5.41, 5.74) is 0. The van der Waals surface area contributed by atoms with Crippen LogP contribution in [0.15, 0.2) is 0 Å². The average molecular weight is 237 g/mol. The van der Waals surface area contributed by atoms with Gasteiger partial charge in [-0.15, -0.1) is 0 Å². The predicted molar refractivity (Wildman–Crippen MR) is 59.3 cm³/mol. The van der Waals surface area contributed by atoms with Crippen molar-refractivity contribution >= 4 is 0 Å². The van der Waals surface area contributed by atoms with Gasteiger partial charge in [0.05, 0.1) is 6.42 Å². The van der Waals surface area contributed by atoms with E-state index in [9.17, 15) is 13.2 Å². The van der Waals surface area contributed by atoms with Crippen molar-refractivity contribution in [2.24, 2.45) is 5.92 Å². The third kappa shape index (κ3) is 5.19. The third-order valence-corrected chi connectivity index (χ3v) is 3.47. The zero-order valence-electron chi connectivity index (χ0n) is 9.95. The summed E-state index contributed by atoms with van der Waals surface area (Å²) in [5.74, 6) is 0.590. The van der Waals surface area contributed by atoms with Gasteiger partial charge >= 0.3 is 6.18 Å². The second-order valence-corrected chi connectivity index (χ2v) is 4.73. The summed E-state index contributed by atoms with van der Waals surface area (Å²) < 4.78 is 36.0. The Morgan fingerprint density at radius 3 is 2.31 bits per heavy atom. The highest BCUT2D eigenvalue weighted by atomic mass is 19.4. The maximum Gasteiger partial charge on any atom is 0.390 e. The van der Waals surface area contributed by atoms with E-state index in [0.717, 1.165) is 6.42 Å². The molecule has 0 aliphatic heterocycles. The first-order valence-corrected chi connectivity index (χ1v) is 6.33. The molecule has 0 bridgehead atoms. The minimum absolute atomic E-state index is 0.0680. The Bertz CT molecular complexity index is 185. The molecule has 1 atom stereocenters. The van der Waals surface area contributed by atoms with Gasteiger partial charge in [0.2, 0.25) is 0 Å². The fourth-order valence-electron chi connectivity index (χ4n) is 2.58. The number of hydrogen-bond acceptors (Lipinski definition) is 1. The standard InChI is InChI=1S/C12H22F3N/c1-2-11(10-6-4-3-5-7-10)16-9-8-12(13,14)15/h10-11,16H,2-9H2,1H3. The van der Waals surface area contributed by atoms with Crippen LogP contribution in [0.1, 0.15) is 51.9 Å². The number of nitrogens with one attached hydrogen (secondary N) is 1. The van der Waals surface area contributed by atoms with Gasteiger partial charge in [0.15, 0.2) is 0 Å². The fraction of sp³-hybridized carbons (Fsp3) is 1.00. The number of halogens is 3. The highest BCUT2D eigenvalue weighted by molar-refractivity contribution is 4.78. The zero-order chi connectivity index (χ0) is 12.0. The first kappa shape index (κ1) is 13.8. The summed E-state index contributed by atoms with van der Waals surface area (Å²) in [7, 11) is 0. The zero-order valence-corrected chi connectivity index (χ0v) is 9.95. The average Bonchev–Trinajstić information content (AvgIpc) is 2.24. The van der Waals surface area contributed by atoms with E-state index in [1.54, 1.807) is 0 Å². The molecule has 1 fully saturated rings. The highest BCUT2D eigenvalue weighted by Crippen LogP contribution is 2.28. The van der Waals surface area contributed by atoms with Crippen LogP contribution in [0, 0.1) is 5.92 Å². The lowest BCUT2D eigenvalue weighted by molar-refractivity contribution is -0.133.